The Morgan fingerprint density at radius 3 is 1.80 bits per heavy atom. The van der Waals surface area contributed by atoms with Crippen molar-refractivity contribution in [2.24, 2.45) is 0 Å². The summed E-state index contributed by atoms with van der Waals surface area (Å²) in [6.45, 7) is 9.30. The third kappa shape index (κ3) is 3.82. The van der Waals surface area contributed by atoms with Gasteiger partial charge in [0.2, 0.25) is 5.95 Å². The SMILES string of the molecule is OCCN1CCN(c2cc(N3CCCC3)nc(N3CCCC3)n2)CC1. The van der Waals surface area contributed by atoms with Gasteiger partial charge in [-0.25, -0.2) is 0 Å². The van der Waals surface area contributed by atoms with Gasteiger partial charge in [-0.05, 0) is 25.7 Å². The normalized spacial score (nSPS) is 22.2. The molecule has 0 radical (unpaired) electrons. The van der Waals surface area contributed by atoms with Crippen LogP contribution in [0.4, 0.5) is 17.6 Å². The largest absolute Gasteiger partial charge is 0.395 e. The molecular weight excluding hydrogens is 316 g/mol. The van der Waals surface area contributed by atoms with Crippen LogP contribution in [0.15, 0.2) is 6.07 Å². The summed E-state index contributed by atoms with van der Waals surface area (Å²) in [6, 6.07) is 2.19. The second kappa shape index (κ2) is 7.74. The zero-order valence-corrected chi connectivity index (χ0v) is 15.1. The fourth-order valence-corrected chi connectivity index (χ4v) is 4.08. The number of hydrogen-bond acceptors (Lipinski definition) is 7. The van der Waals surface area contributed by atoms with Crippen molar-refractivity contribution in [3.05, 3.63) is 6.07 Å². The summed E-state index contributed by atoms with van der Waals surface area (Å²) in [7, 11) is 0. The van der Waals surface area contributed by atoms with Crippen LogP contribution in [-0.2, 0) is 0 Å². The molecule has 138 valence electrons. The zero-order valence-electron chi connectivity index (χ0n) is 15.1. The maximum absolute atomic E-state index is 9.13. The van der Waals surface area contributed by atoms with E-state index in [1.54, 1.807) is 0 Å². The summed E-state index contributed by atoms with van der Waals surface area (Å²) >= 11 is 0. The fraction of sp³-hybridized carbons (Fsp3) is 0.778. The van der Waals surface area contributed by atoms with E-state index in [0.717, 1.165) is 76.5 Å². The van der Waals surface area contributed by atoms with Crippen molar-refractivity contribution in [3.8, 4) is 0 Å². The maximum atomic E-state index is 9.13. The van der Waals surface area contributed by atoms with Gasteiger partial charge in [-0.1, -0.05) is 0 Å². The van der Waals surface area contributed by atoms with Crippen molar-refractivity contribution in [1.82, 2.24) is 14.9 Å². The lowest BCUT2D eigenvalue weighted by Crippen LogP contribution is -2.47. The molecule has 0 spiro atoms. The number of aromatic nitrogens is 2. The summed E-state index contributed by atoms with van der Waals surface area (Å²) in [4.78, 5) is 19.3. The Bertz CT molecular complexity index is 528. The minimum atomic E-state index is 0.242. The van der Waals surface area contributed by atoms with E-state index in [9.17, 15) is 0 Å². The van der Waals surface area contributed by atoms with E-state index in [1.807, 2.05) is 0 Å². The molecule has 1 aromatic heterocycles. The number of nitrogens with zero attached hydrogens (tertiary/aromatic N) is 6. The third-order valence-electron chi connectivity index (χ3n) is 5.62. The van der Waals surface area contributed by atoms with E-state index < -0.39 is 0 Å². The zero-order chi connectivity index (χ0) is 17.1. The lowest BCUT2D eigenvalue weighted by Gasteiger charge is -2.35. The van der Waals surface area contributed by atoms with Gasteiger partial charge in [0.1, 0.15) is 11.6 Å². The predicted molar refractivity (Wildman–Crippen MR) is 101 cm³/mol. The number of aliphatic hydroxyl groups excluding tert-OH is 1. The molecule has 7 nitrogen and oxygen atoms in total. The molecule has 0 aliphatic carbocycles. The van der Waals surface area contributed by atoms with Gasteiger partial charge in [0.05, 0.1) is 6.61 Å². The van der Waals surface area contributed by atoms with Gasteiger partial charge in [0.25, 0.3) is 0 Å². The molecular formula is C18H30N6O. The molecule has 7 heteroatoms. The first-order valence-electron chi connectivity index (χ1n) is 9.80. The predicted octanol–water partition coefficient (Wildman–Crippen LogP) is 0.791. The van der Waals surface area contributed by atoms with E-state index in [2.05, 4.69) is 25.7 Å². The second-order valence-electron chi connectivity index (χ2n) is 7.32. The lowest BCUT2D eigenvalue weighted by molar-refractivity contribution is 0.188. The van der Waals surface area contributed by atoms with Crippen molar-refractivity contribution in [2.75, 3.05) is 80.2 Å². The van der Waals surface area contributed by atoms with Crippen LogP contribution < -0.4 is 14.7 Å². The number of anilines is 3. The first-order chi connectivity index (χ1) is 12.3. The summed E-state index contributed by atoms with van der Waals surface area (Å²) in [5, 5.41) is 9.13. The third-order valence-corrected chi connectivity index (χ3v) is 5.62. The van der Waals surface area contributed by atoms with Gasteiger partial charge in [0, 0.05) is 65.0 Å². The number of rotatable bonds is 5. The number of hydrogen-bond donors (Lipinski definition) is 1. The van der Waals surface area contributed by atoms with Crippen molar-refractivity contribution < 1.29 is 5.11 Å². The van der Waals surface area contributed by atoms with Gasteiger partial charge in [0.15, 0.2) is 0 Å². The molecule has 3 aliphatic rings. The topological polar surface area (TPSA) is 59.0 Å². The van der Waals surface area contributed by atoms with Crippen molar-refractivity contribution in [2.45, 2.75) is 25.7 Å². The highest BCUT2D eigenvalue weighted by Crippen LogP contribution is 2.27. The minimum absolute atomic E-state index is 0.242. The molecule has 0 atom stereocenters. The molecule has 25 heavy (non-hydrogen) atoms. The number of aliphatic hydroxyl groups is 1. The molecule has 0 unspecified atom stereocenters. The standard InChI is InChI=1S/C18H30N6O/c25-14-13-21-9-11-23(12-10-21)17-15-16(22-5-1-2-6-22)19-18(20-17)24-7-3-4-8-24/h15,25H,1-14H2. The Balaban J connectivity index is 1.55. The summed E-state index contributed by atoms with van der Waals surface area (Å²) in [6.07, 6.45) is 5.01. The van der Waals surface area contributed by atoms with Crippen molar-refractivity contribution in [1.29, 1.82) is 0 Å². The fourth-order valence-electron chi connectivity index (χ4n) is 4.08. The highest BCUT2D eigenvalue weighted by molar-refractivity contribution is 5.56. The molecule has 0 bridgehead atoms. The van der Waals surface area contributed by atoms with Gasteiger partial charge in [-0.2, -0.15) is 9.97 Å². The first kappa shape index (κ1) is 16.8. The average Bonchev–Trinajstić information content (AvgIpc) is 3.36. The first-order valence-corrected chi connectivity index (χ1v) is 9.80. The molecule has 4 heterocycles. The number of β-amino-alcohol motifs (C(OH)–C–C–N with tert-alkyl or cyclic N) is 1. The van der Waals surface area contributed by atoms with E-state index in [-0.39, 0.29) is 6.61 Å². The van der Waals surface area contributed by atoms with E-state index in [4.69, 9.17) is 15.1 Å². The Kier molecular flexibility index (Phi) is 5.22. The van der Waals surface area contributed by atoms with Crippen LogP contribution in [-0.4, -0.2) is 85.5 Å². The Labute approximate surface area is 150 Å². The van der Waals surface area contributed by atoms with Crippen LogP contribution in [0.1, 0.15) is 25.7 Å². The molecule has 4 rings (SSSR count). The molecule has 0 saturated carbocycles. The second-order valence-corrected chi connectivity index (χ2v) is 7.32. The maximum Gasteiger partial charge on any atom is 0.229 e. The van der Waals surface area contributed by atoms with Crippen LogP contribution in [0.3, 0.4) is 0 Å². The highest BCUT2D eigenvalue weighted by Gasteiger charge is 2.24. The molecule has 1 N–H and O–H groups in total. The number of piperazine rings is 1. The summed E-state index contributed by atoms with van der Waals surface area (Å²) in [5.74, 6) is 3.08. The molecule has 0 amide bonds. The minimum Gasteiger partial charge on any atom is -0.395 e. The van der Waals surface area contributed by atoms with E-state index in [0.29, 0.717) is 0 Å². The van der Waals surface area contributed by atoms with Gasteiger partial charge in [-0.15, -0.1) is 0 Å². The monoisotopic (exact) mass is 346 g/mol. The van der Waals surface area contributed by atoms with E-state index in [1.165, 1.54) is 25.7 Å². The van der Waals surface area contributed by atoms with Gasteiger partial charge in [-0.3, -0.25) is 4.90 Å². The van der Waals surface area contributed by atoms with Crippen LogP contribution >= 0.6 is 0 Å². The van der Waals surface area contributed by atoms with E-state index >= 15 is 0 Å². The summed E-state index contributed by atoms with van der Waals surface area (Å²) < 4.78 is 0. The summed E-state index contributed by atoms with van der Waals surface area (Å²) in [5.41, 5.74) is 0. The lowest BCUT2D eigenvalue weighted by atomic mass is 10.3. The van der Waals surface area contributed by atoms with Gasteiger partial charge >= 0.3 is 0 Å². The van der Waals surface area contributed by atoms with Crippen LogP contribution in [0.25, 0.3) is 0 Å². The molecule has 3 fully saturated rings. The molecule has 3 saturated heterocycles. The Morgan fingerprint density at radius 2 is 1.24 bits per heavy atom. The quantitative estimate of drug-likeness (QED) is 0.846. The van der Waals surface area contributed by atoms with Crippen LogP contribution in [0.5, 0.6) is 0 Å². The average molecular weight is 346 g/mol. The molecule has 0 aromatic carbocycles. The molecule has 3 aliphatic heterocycles. The Hall–Kier alpha value is -1.60. The Morgan fingerprint density at radius 1 is 0.720 bits per heavy atom. The smallest absolute Gasteiger partial charge is 0.229 e. The highest BCUT2D eigenvalue weighted by atomic mass is 16.3. The van der Waals surface area contributed by atoms with Crippen LogP contribution in [0, 0.1) is 0 Å². The molecule has 1 aromatic rings. The van der Waals surface area contributed by atoms with Crippen molar-refractivity contribution >= 4 is 17.6 Å². The van der Waals surface area contributed by atoms with Crippen LogP contribution in [0.2, 0.25) is 0 Å². The van der Waals surface area contributed by atoms with Crippen molar-refractivity contribution in [3.63, 3.8) is 0 Å². The van der Waals surface area contributed by atoms with Gasteiger partial charge < -0.3 is 19.8 Å².